The number of hydrogen-bond acceptors (Lipinski definition) is 2. The first kappa shape index (κ1) is 11.7. The van der Waals surface area contributed by atoms with Gasteiger partial charge >= 0.3 is 0 Å². The average molecular weight is 255 g/mol. The molecule has 0 unspecified atom stereocenters. The van der Waals surface area contributed by atoms with Gasteiger partial charge in [-0.05, 0) is 12.1 Å². The fourth-order valence-corrected chi connectivity index (χ4v) is 2.21. The molecule has 0 bridgehead atoms. The Morgan fingerprint density at radius 2 is 1.95 bits per heavy atom. The van der Waals surface area contributed by atoms with Crippen molar-refractivity contribution in [2.45, 2.75) is 6.54 Å². The Bertz CT molecular complexity index is 584. The van der Waals surface area contributed by atoms with Crippen molar-refractivity contribution in [3.8, 4) is 5.75 Å². The molecule has 0 fully saturated rings. The fraction of sp³-hybridized carbons (Fsp3) is 0.200. The zero-order chi connectivity index (χ0) is 13.1. The van der Waals surface area contributed by atoms with Crippen LogP contribution in [0.4, 0.5) is 5.69 Å². The van der Waals surface area contributed by atoms with E-state index in [9.17, 15) is 4.79 Å². The lowest BCUT2D eigenvalue weighted by Gasteiger charge is -2.28. The summed E-state index contributed by atoms with van der Waals surface area (Å²) in [5.41, 5.74) is 0.857. The van der Waals surface area contributed by atoms with Crippen molar-refractivity contribution in [3.05, 3.63) is 54.9 Å². The first-order chi connectivity index (χ1) is 9.34. The van der Waals surface area contributed by atoms with Crippen molar-refractivity contribution >= 4 is 11.6 Å². The molecule has 1 aliphatic rings. The van der Waals surface area contributed by atoms with Gasteiger partial charge in [-0.15, -0.1) is 0 Å². The van der Waals surface area contributed by atoms with Gasteiger partial charge in [-0.2, -0.15) is 4.57 Å². The summed E-state index contributed by atoms with van der Waals surface area (Å²) in [6, 6.07) is 13.4. The molecule has 1 aromatic carbocycles. The van der Waals surface area contributed by atoms with Crippen LogP contribution in [0.15, 0.2) is 54.9 Å². The molecule has 0 atom stereocenters. The normalized spacial score (nSPS) is 13.6. The van der Waals surface area contributed by atoms with Crippen LogP contribution in [0.2, 0.25) is 0 Å². The molecular formula is C15H15N2O2+. The Balaban J connectivity index is 1.82. The molecule has 0 N–H and O–H groups in total. The second-order valence-corrected chi connectivity index (χ2v) is 4.41. The first-order valence-corrected chi connectivity index (χ1v) is 6.31. The Morgan fingerprint density at radius 1 is 1.16 bits per heavy atom. The quantitative estimate of drug-likeness (QED) is 0.760. The maximum absolute atomic E-state index is 12.4. The number of amides is 1. The number of aromatic nitrogens is 1. The van der Waals surface area contributed by atoms with Crippen LogP contribution in [-0.2, 0) is 11.3 Å². The van der Waals surface area contributed by atoms with Crippen molar-refractivity contribution in [1.82, 2.24) is 0 Å². The Kier molecular flexibility index (Phi) is 3.14. The van der Waals surface area contributed by atoms with Crippen LogP contribution in [-0.4, -0.2) is 19.1 Å². The molecule has 19 heavy (non-hydrogen) atoms. The van der Waals surface area contributed by atoms with E-state index in [1.165, 1.54) is 0 Å². The minimum atomic E-state index is 0.0759. The summed E-state index contributed by atoms with van der Waals surface area (Å²) in [5.74, 6) is 0.854. The maximum atomic E-state index is 12.4. The number of benzene rings is 1. The third-order valence-corrected chi connectivity index (χ3v) is 3.12. The summed E-state index contributed by atoms with van der Waals surface area (Å²) in [7, 11) is 0. The Labute approximate surface area is 111 Å². The highest BCUT2D eigenvalue weighted by atomic mass is 16.5. The summed E-state index contributed by atoms with van der Waals surface area (Å²) in [6.07, 6.45) is 3.79. The summed E-state index contributed by atoms with van der Waals surface area (Å²) in [4.78, 5) is 14.2. The number of rotatable bonds is 2. The molecule has 2 aromatic rings. The van der Waals surface area contributed by atoms with Crippen LogP contribution in [0.1, 0.15) is 0 Å². The van der Waals surface area contributed by atoms with E-state index in [1.807, 2.05) is 59.4 Å². The molecule has 1 aromatic heterocycles. The van der Waals surface area contributed by atoms with Gasteiger partial charge in [0.05, 0.1) is 12.2 Å². The van der Waals surface area contributed by atoms with E-state index in [0.29, 0.717) is 19.7 Å². The predicted octanol–water partition coefficient (Wildman–Crippen LogP) is 1.40. The van der Waals surface area contributed by atoms with Gasteiger partial charge in [0.25, 0.3) is 5.91 Å². The van der Waals surface area contributed by atoms with E-state index >= 15 is 0 Å². The van der Waals surface area contributed by atoms with Crippen molar-refractivity contribution in [1.29, 1.82) is 0 Å². The summed E-state index contributed by atoms with van der Waals surface area (Å²) in [5, 5.41) is 0. The molecule has 1 amide bonds. The van der Waals surface area contributed by atoms with Crippen molar-refractivity contribution < 1.29 is 14.1 Å². The van der Waals surface area contributed by atoms with E-state index < -0.39 is 0 Å². The topological polar surface area (TPSA) is 33.4 Å². The first-order valence-electron chi connectivity index (χ1n) is 6.31. The van der Waals surface area contributed by atoms with E-state index in [1.54, 1.807) is 4.90 Å². The van der Waals surface area contributed by atoms with Gasteiger partial charge in [0.2, 0.25) is 6.54 Å². The number of hydrogen-bond donors (Lipinski definition) is 0. The van der Waals surface area contributed by atoms with Crippen LogP contribution in [0.5, 0.6) is 5.75 Å². The van der Waals surface area contributed by atoms with Crippen LogP contribution in [0, 0.1) is 0 Å². The monoisotopic (exact) mass is 255 g/mol. The number of para-hydroxylation sites is 2. The predicted molar refractivity (Wildman–Crippen MR) is 70.9 cm³/mol. The third kappa shape index (κ3) is 2.42. The van der Waals surface area contributed by atoms with E-state index in [2.05, 4.69) is 0 Å². The van der Waals surface area contributed by atoms with Crippen molar-refractivity contribution in [2.75, 3.05) is 18.1 Å². The highest BCUT2D eigenvalue weighted by Gasteiger charge is 2.25. The smallest absolute Gasteiger partial charge is 0.293 e. The number of anilines is 1. The van der Waals surface area contributed by atoms with Gasteiger partial charge in [-0.25, -0.2) is 0 Å². The molecule has 4 heteroatoms. The van der Waals surface area contributed by atoms with Crippen molar-refractivity contribution in [3.63, 3.8) is 0 Å². The molecule has 0 spiro atoms. The van der Waals surface area contributed by atoms with Gasteiger partial charge in [-0.3, -0.25) is 4.79 Å². The van der Waals surface area contributed by atoms with Gasteiger partial charge < -0.3 is 9.64 Å². The van der Waals surface area contributed by atoms with E-state index in [0.717, 1.165) is 11.4 Å². The molecule has 4 nitrogen and oxygen atoms in total. The summed E-state index contributed by atoms with van der Waals surface area (Å²) in [6.45, 7) is 1.49. The molecule has 1 aliphatic heterocycles. The molecule has 0 radical (unpaired) electrons. The SMILES string of the molecule is O=C(C[n+]1ccccc1)N1CCOc2ccccc21. The van der Waals surface area contributed by atoms with E-state index in [4.69, 9.17) is 4.74 Å². The number of carbonyl (C=O) groups excluding carboxylic acids is 1. The summed E-state index contributed by atoms with van der Waals surface area (Å²) >= 11 is 0. The zero-order valence-electron chi connectivity index (χ0n) is 10.5. The van der Waals surface area contributed by atoms with Gasteiger partial charge in [-0.1, -0.05) is 18.2 Å². The molecule has 96 valence electrons. The lowest BCUT2D eigenvalue weighted by molar-refractivity contribution is -0.684. The number of pyridine rings is 1. The second kappa shape index (κ2) is 5.10. The number of ether oxygens (including phenoxy) is 1. The van der Waals surface area contributed by atoms with Gasteiger partial charge in [0.15, 0.2) is 12.4 Å². The Hall–Kier alpha value is -2.36. The number of fused-ring (bicyclic) bond motifs is 1. The molecule has 0 aliphatic carbocycles. The molecular weight excluding hydrogens is 240 g/mol. The number of carbonyl (C=O) groups is 1. The van der Waals surface area contributed by atoms with Crippen LogP contribution >= 0.6 is 0 Å². The van der Waals surface area contributed by atoms with Gasteiger partial charge in [0.1, 0.15) is 12.4 Å². The Morgan fingerprint density at radius 3 is 2.79 bits per heavy atom. The maximum Gasteiger partial charge on any atom is 0.293 e. The highest BCUT2D eigenvalue weighted by Crippen LogP contribution is 2.30. The van der Waals surface area contributed by atoms with E-state index in [-0.39, 0.29) is 5.91 Å². The highest BCUT2D eigenvalue weighted by molar-refractivity contribution is 5.94. The van der Waals surface area contributed by atoms with Crippen LogP contribution < -0.4 is 14.2 Å². The molecule has 0 saturated carbocycles. The average Bonchev–Trinajstić information content (AvgIpc) is 2.47. The van der Waals surface area contributed by atoms with Crippen LogP contribution in [0.25, 0.3) is 0 Å². The number of nitrogens with zero attached hydrogens (tertiary/aromatic N) is 2. The van der Waals surface area contributed by atoms with Crippen molar-refractivity contribution in [2.24, 2.45) is 0 Å². The standard InChI is InChI=1S/C15H15N2O2/c18-15(12-16-8-4-1-5-9-16)17-10-11-19-14-7-3-2-6-13(14)17/h1-9H,10-12H2/q+1. The lowest BCUT2D eigenvalue weighted by atomic mass is 10.2. The summed E-state index contributed by atoms with van der Waals surface area (Å²) < 4.78 is 7.43. The van der Waals surface area contributed by atoms with Gasteiger partial charge in [0, 0.05) is 12.1 Å². The molecule has 0 saturated heterocycles. The second-order valence-electron chi connectivity index (χ2n) is 4.41. The third-order valence-electron chi connectivity index (χ3n) is 3.12. The lowest BCUT2D eigenvalue weighted by Crippen LogP contribution is -2.47. The fourth-order valence-electron chi connectivity index (χ4n) is 2.21. The molecule has 2 heterocycles. The molecule has 3 rings (SSSR count). The largest absolute Gasteiger partial charge is 0.490 e. The minimum absolute atomic E-state index is 0.0759. The van der Waals surface area contributed by atoms with Crippen LogP contribution in [0.3, 0.4) is 0 Å². The zero-order valence-corrected chi connectivity index (χ0v) is 10.5. The minimum Gasteiger partial charge on any atom is -0.490 e.